The SMILES string of the molecule is Cc1nn(C)c(C)c1[C@H]1OCC[C@@H]1CNc1ncc(F)cn1. The van der Waals surface area contributed by atoms with Gasteiger partial charge >= 0.3 is 0 Å². The third kappa shape index (κ3) is 2.81. The van der Waals surface area contributed by atoms with Crippen LogP contribution in [0.3, 0.4) is 0 Å². The summed E-state index contributed by atoms with van der Waals surface area (Å²) in [5.41, 5.74) is 3.31. The highest BCUT2D eigenvalue weighted by atomic mass is 19.1. The molecule has 6 nitrogen and oxygen atoms in total. The number of nitrogens with zero attached hydrogens (tertiary/aromatic N) is 4. The molecule has 22 heavy (non-hydrogen) atoms. The van der Waals surface area contributed by atoms with Crippen LogP contribution in [-0.2, 0) is 11.8 Å². The average molecular weight is 305 g/mol. The summed E-state index contributed by atoms with van der Waals surface area (Å²) in [4.78, 5) is 7.84. The molecule has 1 aliphatic heterocycles. The monoisotopic (exact) mass is 305 g/mol. The van der Waals surface area contributed by atoms with E-state index in [1.165, 1.54) is 5.56 Å². The van der Waals surface area contributed by atoms with E-state index in [2.05, 4.69) is 27.3 Å². The summed E-state index contributed by atoms with van der Waals surface area (Å²) in [6, 6.07) is 0. The van der Waals surface area contributed by atoms with Gasteiger partial charge in [0.2, 0.25) is 5.95 Å². The van der Waals surface area contributed by atoms with E-state index >= 15 is 0 Å². The van der Waals surface area contributed by atoms with Gasteiger partial charge in [-0.1, -0.05) is 0 Å². The van der Waals surface area contributed by atoms with Gasteiger partial charge in [-0.05, 0) is 20.3 Å². The van der Waals surface area contributed by atoms with Gasteiger partial charge in [-0.2, -0.15) is 5.10 Å². The van der Waals surface area contributed by atoms with Crippen LogP contribution in [0, 0.1) is 25.6 Å². The van der Waals surface area contributed by atoms with Gasteiger partial charge in [0.15, 0.2) is 5.82 Å². The maximum absolute atomic E-state index is 12.8. The Morgan fingerprint density at radius 1 is 1.36 bits per heavy atom. The summed E-state index contributed by atoms with van der Waals surface area (Å²) in [5.74, 6) is 0.316. The van der Waals surface area contributed by atoms with Crippen LogP contribution in [0.15, 0.2) is 12.4 Å². The largest absolute Gasteiger partial charge is 0.373 e. The van der Waals surface area contributed by atoms with E-state index in [0.29, 0.717) is 18.4 Å². The summed E-state index contributed by atoms with van der Waals surface area (Å²) in [6.45, 7) is 5.49. The van der Waals surface area contributed by atoms with Gasteiger partial charge in [0.05, 0.1) is 24.2 Å². The van der Waals surface area contributed by atoms with Gasteiger partial charge in [0.25, 0.3) is 0 Å². The second-order valence-electron chi connectivity index (χ2n) is 5.65. The Bertz CT molecular complexity index is 655. The fraction of sp³-hybridized carbons (Fsp3) is 0.533. The molecule has 3 rings (SSSR count). The number of aromatic nitrogens is 4. The van der Waals surface area contributed by atoms with Crippen molar-refractivity contribution in [3.05, 3.63) is 35.2 Å². The van der Waals surface area contributed by atoms with Gasteiger partial charge in [0.1, 0.15) is 0 Å². The summed E-state index contributed by atoms with van der Waals surface area (Å²) in [7, 11) is 1.94. The lowest BCUT2D eigenvalue weighted by Gasteiger charge is -2.19. The first kappa shape index (κ1) is 14.9. The van der Waals surface area contributed by atoms with E-state index in [0.717, 1.165) is 36.8 Å². The molecule has 7 heteroatoms. The second kappa shape index (κ2) is 6.00. The van der Waals surface area contributed by atoms with Gasteiger partial charge in [-0.15, -0.1) is 0 Å². The number of hydrogen-bond acceptors (Lipinski definition) is 5. The Kier molecular flexibility index (Phi) is 4.06. The van der Waals surface area contributed by atoms with Crippen LogP contribution in [0.4, 0.5) is 10.3 Å². The van der Waals surface area contributed by atoms with E-state index in [1.807, 2.05) is 18.7 Å². The van der Waals surface area contributed by atoms with Crippen molar-refractivity contribution in [3.63, 3.8) is 0 Å². The number of anilines is 1. The predicted octanol–water partition coefficient (Wildman–Crippen LogP) is 2.16. The van der Waals surface area contributed by atoms with Crippen molar-refractivity contribution in [1.29, 1.82) is 0 Å². The minimum Gasteiger partial charge on any atom is -0.373 e. The Hall–Kier alpha value is -2.02. The summed E-state index contributed by atoms with van der Waals surface area (Å²) in [5, 5.41) is 7.63. The molecule has 1 fully saturated rings. The Morgan fingerprint density at radius 3 is 2.73 bits per heavy atom. The predicted molar refractivity (Wildman–Crippen MR) is 80.0 cm³/mol. The van der Waals surface area contributed by atoms with Gasteiger partial charge in [0, 0.05) is 37.4 Å². The van der Waals surface area contributed by atoms with Crippen LogP contribution in [0.25, 0.3) is 0 Å². The quantitative estimate of drug-likeness (QED) is 0.937. The van der Waals surface area contributed by atoms with Crippen LogP contribution >= 0.6 is 0 Å². The van der Waals surface area contributed by atoms with Crippen LogP contribution in [0.5, 0.6) is 0 Å². The number of rotatable bonds is 4. The number of aryl methyl sites for hydroxylation is 2. The standard InChI is InChI=1S/C15H20FN5O/c1-9-13(10(2)21(3)20-9)14-11(4-5-22-14)6-17-15-18-7-12(16)8-19-15/h7-8,11,14H,4-6H2,1-3H3,(H,17,18,19)/t11-,14+/m1/s1. The minimum absolute atomic E-state index is 0.0293. The summed E-state index contributed by atoms with van der Waals surface area (Å²) < 4.78 is 20.6. The molecule has 2 aromatic rings. The van der Waals surface area contributed by atoms with Crippen molar-refractivity contribution in [2.45, 2.75) is 26.4 Å². The third-order valence-electron chi connectivity index (χ3n) is 4.21. The molecule has 0 saturated carbocycles. The smallest absolute Gasteiger partial charge is 0.222 e. The molecule has 0 bridgehead atoms. The highest BCUT2D eigenvalue weighted by Gasteiger charge is 2.33. The average Bonchev–Trinajstić information content (AvgIpc) is 3.03. The Morgan fingerprint density at radius 2 is 2.09 bits per heavy atom. The van der Waals surface area contributed by atoms with Crippen molar-refractivity contribution < 1.29 is 9.13 Å². The molecule has 0 aromatic carbocycles. The molecule has 2 atom stereocenters. The van der Waals surface area contributed by atoms with E-state index in [1.54, 1.807) is 0 Å². The summed E-state index contributed by atoms with van der Waals surface area (Å²) >= 11 is 0. The fourth-order valence-electron chi connectivity index (χ4n) is 2.99. The molecule has 0 unspecified atom stereocenters. The number of hydrogen-bond donors (Lipinski definition) is 1. The normalized spacial score (nSPS) is 21.3. The Labute approximate surface area is 128 Å². The lowest BCUT2D eigenvalue weighted by atomic mass is 9.94. The maximum atomic E-state index is 12.8. The molecule has 0 spiro atoms. The topological polar surface area (TPSA) is 64.9 Å². The first-order valence-electron chi connectivity index (χ1n) is 7.39. The zero-order chi connectivity index (χ0) is 15.7. The molecule has 1 aliphatic rings. The molecule has 118 valence electrons. The van der Waals surface area contributed by atoms with Crippen molar-refractivity contribution in [3.8, 4) is 0 Å². The molecule has 3 heterocycles. The van der Waals surface area contributed by atoms with Crippen LogP contribution in [-0.4, -0.2) is 32.9 Å². The first-order valence-corrected chi connectivity index (χ1v) is 7.39. The second-order valence-corrected chi connectivity index (χ2v) is 5.65. The van der Waals surface area contributed by atoms with Crippen molar-refractivity contribution in [1.82, 2.24) is 19.7 Å². The minimum atomic E-state index is -0.436. The zero-order valence-corrected chi connectivity index (χ0v) is 13.0. The molecule has 1 saturated heterocycles. The first-order chi connectivity index (χ1) is 10.6. The van der Waals surface area contributed by atoms with E-state index in [-0.39, 0.29) is 6.10 Å². The molecular formula is C15H20FN5O. The van der Waals surface area contributed by atoms with Gasteiger partial charge in [-0.25, -0.2) is 14.4 Å². The number of halogens is 1. The lowest BCUT2D eigenvalue weighted by molar-refractivity contribution is 0.0922. The molecule has 2 aromatic heterocycles. The fourth-order valence-corrected chi connectivity index (χ4v) is 2.99. The lowest BCUT2D eigenvalue weighted by Crippen LogP contribution is -2.19. The molecule has 0 radical (unpaired) electrons. The van der Waals surface area contributed by atoms with E-state index in [9.17, 15) is 4.39 Å². The Balaban J connectivity index is 1.72. The van der Waals surface area contributed by atoms with Crippen molar-refractivity contribution >= 4 is 5.95 Å². The van der Waals surface area contributed by atoms with E-state index in [4.69, 9.17) is 4.74 Å². The maximum Gasteiger partial charge on any atom is 0.222 e. The molecule has 0 amide bonds. The van der Waals surface area contributed by atoms with Crippen LogP contribution in [0.2, 0.25) is 0 Å². The van der Waals surface area contributed by atoms with Gasteiger partial charge < -0.3 is 10.1 Å². The van der Waals surface area contributed by atoms with Crippen LogP contribution < -0.4 is 5.32 Å². The van der Waals surface area contributed by atoms with E-state index < -0.39 is 5.82 Å². The number of ether oxygens (including phenoxy) is 1. The zero-order valence-electron chi connectivity index (χ0n) is 13.0. The van der Waals surface area contributed by atoms with Crippen LogP contribution in [0.1, 0.15) is 29.5 Å². The van der Waals surface area contributed by atoms with Crippen molar-refractivity contribution in [2.24, 2.45) is 13.0 Å². The van der Waals surface area contributed by atoms with Gasteiger partial charge in [-0.3, -0.25) is 4.68 Å². The number of nitrogens with one attached hydrogen (secondary N) is 1. The van der Waals surface area contributed by atoms with Crippen molar-refractivity contribution in [2.75, 3.05) is 18.5 Å². The summed E-state index contributed by atoms with van der Waals surface area (Å²) in [6.07, 6.45) is 3.31. The molecule has 0 aliphatic carbocycles. The highest BCUT2D eigenvalue weighted by molar-refractivity contribution is 5.29. The molecule has 1 N–H and O–H groups in total. The molecular weight excluding hydrogens is 285 g/mol. The third-order valence-corrected chi connectivity index (χ3v) is 4.21. The highest BCUT2D eigenvalue weighted by Crippen LogP contribution is 2.37.